The molecule has 12 heavy (non-hydrogen) atoms. The lowest BCUT2D eigenvalue weighted by Crippen LogP contribution is -2.40. The van der Waals surface area contributed by atoms with Gasteiger partial charge in [0, 0.05) is 5.92 Å². The normalized spacial score (nSPS) is 42.7. The first-order valence-electron chi connectivity index (χ1n) is 4.81. The Morgan fingerprint density at radius 1 is 1.50 bits per heavy atom. The highest BCUT2D eigenvalue weighted by Gasteiger charge is 2.37. The maximum absolute atomic E-state index is 10.1. The number of hydrogen-bond donors (Lipinski definition) is 1. The van der Waals surface area contributed by atoms with Crippen molar-refractivity contribution in [2.75, 3.05) is 0 Å². The lowest BCUT2D eigenvalue weighted by atomic mass is 9.70. The Hall–Kier alpha value is -0.300. The van der Waals surface area contributed by atoms with E-state index in [4.69, 9.17) is 0 Å². The van der Waals surface area contributed by atoms with Crippen LogP contribution < -0.4 is 0 Å². The van der Waals surface area contributed by atoms with E-state index in [-0.39, 0.29) is 0 Å². The fourth-order valence-electron chi connectivity index (χ4n) is 2.49. The van der Waals surface area contributed by atoms with E-state index < -0.39 is 5.60 Å². The first kappa shape index (κ1) is 9.79. The van der Waals surface area contributed by atoms with Gasteiger partial charge in [-0.05, 0) is 39.0 Å². The van der Waals surface area contributed by atoms with Crippen LogP contribution >= 0.6 is 0 Å². The van der Waals surface area contributed by atoms with Crippen molar-refractivity contribution in [2.45, 2.75) is 45.6 Å². The zero-order chi connectivity index (χ0) is 9.35. The SMILES string of the molecule is C=C(C)[C@H]1CC[C@@H](C)C[C@@]1(C)O. The van der Waals surface area contributed by atoms with Gasteiger partial charge in [0.25, 0.3) is 0 Å². The van der Waals surface area contributed by atoms with Crippen molar-refractivity contribution in [3.8, 4) is 0 Å². The quantitative estimate of drug-likeness (QED) is 0.597. The fourth-order valence-corrected chi connectivity index (χ4v) is 2.49. The highest BCUT2D eigenvalue weighted by Crippen LogP contribution is 2.39. The maximum Gasteiger partial charge on any atom is 0.0687 e. The van der Waals surface area contributed by atoms with Gasteiger partial charge in [0.1, 0.15) is 0 Å². The van der Waals surface area contributed by atoms with Gasteiger partial charge >= 0.3 is 0 Å². The summed E-state index contributed by atoms with van der Waals surface area (Å²) in [7, 11) is 0. The van der Waals surface area contributed by atoms with Crippen LogP contribution in [0, 0.1) is 11.8 Å². The smallest absolute Gasteiger partial charge is 0.0687 e. The lowest BCUT2D eigenvalue weighted by Gasteiger charge is -2.40. The second-order valence-corrected chi connectivity index (χ2v) is 4.64. The Bertz CT molecular complexity index is 181. The largest absolute Gasteiger partial charge is 0.390 e. The molecule has 1 N–H and O–H groups in total. The summed E-state index contributed by atoms with van der Waals surface area (Å²) < 4.78 is 0. The van der Waals surface area contributed by atoms with Gasteiger partial charge in [0.05, 0.1) is 5.60 Å². The van der Waals surface area contributed by atoms with Gasteiger partial charge in [0.15, 0.2) is 0 Å². The summed E-state index contributed by atoms with van der Waals surface area (Å²) >= 11 is 0. The summed E-state index contributed by atoms with van der Waals surface area (Å²) in [6.07, 6.45) is 3.25. The van der Waals surface area contributed by atoms with E-state index in [1.165, 1.54) is 6.42 Å². The summed E-state index contributed by atoms with van der Waals surface area (Å²) in [5.74, 6) is 0.976. The molecule has 3 atom stereocenters. The monoisotopic (exact) mass is 168 g/mol. The molecule has 0 aromatic carbocycles. The van der Waals surface area contributed by atoms with Gasteiger partial charge in [-0.15, -0.1) is 0 Å². The number of aliphatic hydroxyl groups is 1. The van der Waals surface area contributed by atoms with Crippen molar-refractivity contribution in [2.24, 2.45) is 11.8 Å². The summed E-state index contributed by atoms with van der Waals surface area (Å²) in [6.45, 7) is 10.1. The molecule has 0 bridgehead atoms. The van der Waals surface area contributed by atoms with Crippen molar-refractivity contribution in [3.05, 3.63) is 12.2 Å². The molecule has 0 aromatic heterocycles. The predicted octanol–water partition coefficient (Wildman–Crippen LogP) is 2.75. The molecule has 1 heteroatoms. The van der Waals surface area contributed by atoms with Crippen molar-refractivity contribution in [1.29, 1.82) is 0 Å². The molecule has 0 spiro atoms. The molecule has 70 valence electrons. The molecule has 1 fully saturated rings. The second-order valence-electron chi connectivity index (χ2n) is 4.64. The summed E-state index contributed by atoms with van der Waals surface area (Å²) in [5, 5.41) is 10.1. The molecule has 0 amide bonds. The molecule has 1 aliphatic rings. The van der Waals surface area contributed by atoms with E-state index >= 15 is 0 Å². The van der Waals surface area contributed by atoms with Gasteiger partial charge in [0.2, 0.25) is 0 Å². The second kappa shape index (κ2) is 3.21. The summed E-state index contributed by atoms with van der Waals surface area (Å²) in [6, 6.07) is 0. The van der Waals surface area contributed by atoms with Gasteiger partial charge in [-0.25, -0.2) is 0 Å². The van der Waals surface area contributed by atoms with Crippen LogP contribution in [-0.4, -0.2) is 10.7 Å². The van der Waals surface area contributed by atoms with Crippen LogP contribution in [-0.2, 0) is 0 Å². The minimum absolute atomic E-state index is 0.314. The molecule has 0 aliphatic heterocycles. The Morgan fingerprint density at radius 3 is 2.50 bits per heavy atom. The fraction of sp³-hybridized carbons (Fsp3) is 0.818. The Morgan fingerprint density at radius 2 is 2.08 bits per heavy atom. The van der Waals surface area contributed by atoms with E-state index in [2.05, 4.69) is 13.5 Å². The average Bonchev–Trinajstić information content (AvgIpc) is 1.82. The van der Waals surface area contributed by atoms with E-state index in [1.807, 2.05) is 13.8 Å². The van der Waals surface area contributed by atoms with Crippen molar-refractivity contribution >= 4 is 0 Å². The third-order valence-corrected chi connectivity index (χ3v) is 3.06. The molecule has 0 aromatic rings. The molecule has 0 radical (unpaired) electrons. The van der Waals surface area contributed by atoms with Crippen LogP contribution in [0.4, 0.5) is 0 Å². The van der Waals surface area contributed by atoms with E-state index in [1.54, 1.807) is 0 Å². The molecule has 0 unspecified atom stereocenters. The van der Waals surface area contributed by atoms with Gasteiger partial charge < -0.3 is 5.11 Å². The van der Waals surface area contributed by atoms with Crippen LogP contribution in [0.15, 0.2) is 12.2 Å². The minimum atomic E-state index is -0.510. The molecular formula is C11H20O. The van der Waals surface area contributed by atoms with Crippen LogP contribution in [0.5, 0.6) is 0 Å². The minimum Gasteiger partial charge on any atom is -0.390 e. The predicted molar refractivity (Wildman–Crippen MR) is 51.9 cm³/mol. The highest BCUT2D eigenvalue weighted by molar-refractivity contribution is 5.06. The highest BCUT2D eigenvalue weighted by atomic mass is 16.3. The lowest BCUT2D eigenvalue weighted by molar-refractivity contribution is -0.0331. The Labute approximate surface area is 75.5 Å². The van der Waals surface area contributed by atoms with Gasteiger partial charge in [-0.1, -0.05) is 19.1 Å². The molecule has 1 saturated carbocycles. The first-order valence-corrected chi connectivity index (χ1v) is 4.81. The van der Waals surface area contributed by atoms with E-state index in [0.717, 1.165) is 18.4 Å². The van der Waals surface area contributed by atoms with Crippen LogP contribution in [0.3, 0.4) is 0 Å². The number of rotatable bonds is 1. The molecule has 0 heterocycles. The van der Waals surface area contributed by atoms with Gasteiger partial charge in [-0.2, -0.15) is 0 Å². The Balaban J connectivity index is 2.70. The summed E-state index contributed by atoms with van der Waals surface area (Å²) in [5.41, 5.74) is 0.621. The van der Waals surface area contributed by atoms with Crippen molar-refractivity contribution in [1.82, 2.24) is 0 Å². The van der Waals surface area contributed by atoms with Gasteiger partial charge in [-0.3, -0.25) is 0 Å². The zero-order valence-electron chi connectivity index (χ0n) is 8.43. The van der Waals surface area contributed by atoms with Crippen LogP contribution in [0.2, 0.25) is 0 Å². The van der Waals surface area contributed by atoms with E-state index in [0.29, 0.717) is 11.8 Å². The average molecular weight is 168 g/mol. The topological polar surface area (TPSA) is 20.2 Å². The third-order valence-electron chi connectivity index (χ3n) is 3.06. The van der Waals surface area contributed by atoms with E-state index in [9.17, 15) is 5.11 Å². The van der Waals surface area contributed by atoms with Crippen molar-refractivity contribution < 1.29 is 5.11 Å². The molecular weight excluding hydrogens is 148 g/mol. The van der Waals surface area contributed by atoms with Crippen molar-refractivity contribution in [3.63, 3.8) is 0 Å². The molecule has 1 nitrogen and oxygen atoms in total. The zero-order valence-corrected chi connectivity index (χ0v) is 8.43. The third kappa shape index (κ3) is 1.89. The number of hydrogen-bond acceptors (Lipinski definition) is 1. The molecule has 1 rings (SSSR count). The summed E-state index contributed by atoms with van der Waals surface area (Å²) in [4.78, 5) is 0. The maximum atomic E-state index is 10.1. The molecule has 0 saturated heterocycles. The standard InChI is InChI=1S/C11H20O/c1-8(2)10-6-5-9(3)7-11(10,4)12/h9-10,12H,1,5-7H2,2-4H3/t9-,10-,11-/m1/s1. The van der Waals surface area contributed by atoms with Crippen LogP contribution in [0.1, 0.15) is 40.0 Å². The Kier molecular flexibility index (Phi) is 2.62. The molecule has 1 aliphatic carbocycles. The first-order chi connectivity index (χ1) is 5.43. The van der Waals surface area contributed by atoms with Crippen LogP contribution in [0.25, 0.3) is 0 Å².